The predicted molar refractivity (Wildman–Crippen MR) is 43.8 cm³/mol. The van der Waals surface area contributed by atoms with Crippen LogP contribution in [0.4, 0.5) is 0 Å². The van der Waals surface area contributed by atoms with Crippen molar-refractivity contribution in [3.05, 3.63) is 0 Å². The maximum absolute atomic E-state index is 8.94. The second-order valence-corrected chi connectivity index (χ2v) is 2.00. The van der Waals surface area contributed by atoms with Crippen molar-refractivity contribution in [3.8, 4) is 6.07 Å². The molecule has 0 aliphatic rings. The molecule has 3 heteroatoms. The molecule has 66 valence electrons. The molecule has 0 amide bonds. The van der Waals surface area contributed by atoms with Crippen LogP contribution in [0, 0.1) is 17.2 Å². The van der Waals surface area contributed by atoms with Gasteiger partial charge in [0.1, 0.15) is 0 Å². The fourth-order valence-corrected chi connectivity index (χ4v) is 0.468. The first-order valence-corrected chi connectivity index (χ1v) is 3.91. The van der Waals surface area contributed by atoms with Crippen LogP contribution in [0.1, 0.15) is 27.2 Å². The molecule has 0 aliphatic heterocycles. The van der Waals surface area contributed by atoms with Gasteiger partial charge in [0, 0.05) is 6.61 Å². The van der Waals surface area contributed by atoms with Crippen LogP contribution in [-0.4, -0.2) is 22.9 Å². The standard InChI is InChI=1S/C6H11NO2.C2H6/c1-5(4-7)6(9)2-3-8;1-2/h5-6,8-9H,2-3H2,1H3;1-2H3. The Labute approximate surface area is 68.3 Å². The van der Waals surface area contributed by atoms with Gasteiger partial charge in [-0.1, -0.05) is 13.8 Å². The highest BCUT2D eigenvalue weighted by atomic mass is 16.3. The lowest BCUT2D eigenvalue weighted by Crippen LogP contribution is -2.17. The highest BCUT2D eigenvalue weighted by Gasteiger charge is 2.11. The third-order valence-corrected chi connectivity index (χ3v) is 1.21. The fraction of sp³-hybridized carbons (Fsp3) is 0.875. The van der Waals surface area contributed by atoms with Gasteiger partial charge in [0.05, 0.1) is 18.1 Å². The molecule has 0 aromatic rings. The van der Waals surface area contributed by atoms with Crippen LogP contribution in [0.5, 0.6) is 0 Å². The van der Waals surface area contributed by atoms with E-state index in [1.165, 1.54) is 0 Å². The minimum absolute atomic E-state index is 0.0623. The number of nitrogens with zero attached hydrogens (tertiary/aromatic N) is 1. The van der Waals surface area contributed by atoms with Crippen molar-refractivity contribution < 1.29 is 10.2 Å². The van der Waals surface area contributed by atoms with E-state index in [1.807, 2.05) is 19.9 Å². The van der Waals surface area contributed by atoms with Gasteiger partial charge in [-0.25, -0.2) is 0 Å². The van der Waals surface area contributed by atoms with Gasteiger partial charge in [-0.3, -0.25) is 0 Å². The number of nitriles is 1. The summed E-state index contributed by atoms with van der Waals surface area (Å²) in [6, 6.07) is 1.89. The van der Waals surface area contributed by atoms with E-state index < -0.39 is 6.10 Å². The largest absolute Gasteiger partial charge is 0.396 e. The van der Waals surface area contributed by atoms with Gasteiger partial charge in [0.15, 0.2) is 0 Å². The van der Waals surface area contributed by atoms with Gasteiger partial charge in [-0.2, -0.15) is 5.26 Å². The Bertz CT molecular complexity index is 109. The molecular formula is C8H17NO2. The van der Waals surface area contributed by atoms with E-state index in [0.29, 0.717) is 0 Å². The Kier molecular flexibility index (Phi) is 11.1. The number of hydrogen-bond donors (Lipinski definition) is 2. The van der Waals surface area contributed by atoms with Crippen molar-refractivity contribution in [3.63, 3.8) is 0 Å². The Morgan fingerprint density at radius 3 is 2.18 bits per heavy atom. The molecule has 0 aliphatic carbocycles. The summed E-state index contributed by atoms with van der Waals surface area (Å²) in [5, 5.41) is 25.5. The van der Waals surface area contributed by atoms with E-state index >= 15 is 0 Å². The zero-order valence-corrected chi connectivity index (χ0v) is 7.41. The summed E-state index contributed by atoms with van der Waals surface area (Å²) in [4.78, 5) is 0. The summed E-state index contributed by atoms with van der Waals surface area (Å²) < 4.78 is 0. The summed E-state index contributed by atoms with van der Waals surface area (Å²) in [7, 11) is 0. The van der Waals surface area contributed by atoms with E-state index in [9.17, 15) is 0 Å². The number of hydrogen-bond acceptors (Lipinski definition) is 3. The van der Waals surface area contributed by atoms with Gasteiger partial charge < -0.3 is 10.2 Å². The van der Waals surface area contributed by atoms with E-state index in [0.717, 1.165) is 0 Å². The van der Waals surface area contributed by atoms with Crippen molar-refractivity contribution in [1.29, 1.82) is 5.26 Å². The second-order valence-electron chi connectivity index (χ2n) is 2.00. The van der Waals surface area contributed by atoms with E-state index in [-0.39, 0.29) is 18.9 Å². The van der Waals surface area contributed by atoms with Gasteiger partial charge in [-0.05, 0) is 13.3 Å². The molecular weight excluding hydrogens is 142 g/mol. The zero-order chi connectivity index (χ0) is 9.28. The van der Waals surface area contributed by atoms with Crippen LogP contribution in [-0.2, 0) is 0 Å². The first-order valence-electron chi connectivity index (χ1n) is 3.91. The molecule has 0 spiro atoms. The molecule has 2 unspecified atom stereocenters. The zero-order valence-electron chi connectivity index (χ0n) is 7.41. The quantitative estimate of drug-likeness (QED) is 0.643. The molecule has 11 heavy (non-hydrogen) atoms. The Morgan fingerprint density at radius 2 is 1.91 bits per heavy atom. The van der Waals surface area contributed by atoms with Crippen molar-refractivity contribution >= 4 is 0 Å². The molecule has 0 radical (unpaired) electrons. The molecule has 0 rings (SSSR count). The highest BCUT2D eigenvalue weighted by molar-refractivity contribution is 4.84. The first kappa shape index (κ1) is 13.0. The van der Waals surface area contributed by atoms with Crippen molar-refractivity contribution in [2.45, 2.75) is 33.3 Å². The van der Waals surface area contributed by atoms with Crippen LogP contribution >= 0.6 is 0 Å². The van der Waals surface area contributed by atoms with E-state index in [1.54, 1.807) is 6.92 Å². The number of rotatable bonds is 3. The molecule has 0 saturated heterocycles. The third-order valence-electron chi connectivity index (χ3n) is 1.21. The SMILES string of the molecule is CC.CC(C#N)C(O)CCO. The Morgan fingerprint density at radius 1 is 1.45 bits per heavy atom. The lowest BCUT2D eigenvalue weighted by Gasteiger charge is -2.08. The molecule has 0 heterocycles. The highest BCUT2D eigenvalue weighted by Crippen LogP contribution is 2.03. The van der Waals surface area contributed by atoms with Crippen LogP contribution in [0.3, 0.4) is 0 Å². The number of aliphatic hydroxyl groups is 2. The topological polar surface area (TPSA) is 64.2 Å². The lowest BCUT2D eigenvalue weighted by atomic mass is 10.0. The second kappa shape index (κ2) is 9.41. The van der Waals surface area contributed by atoms with Crippen molar-refractivity contribution in [1.82, 2.24) is 0 Å². The summed E-state index contributed by atoms with van der Waals surface area (Å²) in [5.74, 6) is -0.378. The molecule has 0 aromatic heterocycles. The number of aliphatic hydroxyl groups excluding tert-OH is 2. The van der Waals surface area contributed by atoms with Crippen LogP contribution < -0.4 is 0 Å². The minimum Gasteiger partial charge on any atom is -0.396 e. The van der Waals surface area contributed by atoms with Gasteiger partial charge in [0.25, 0.3) is 0 Å². The first-order chi connectivity index (χ1) is 5.22. The van der Waals surface area contributed by atoms with Crippen molar-refractivity contribution in [2.75, 3.05) is 6.61 Å². The molecule has 2 atom stereocenters. The van der Waals surface area contributed by atoms with Gasteiger partial charge in [0.2, 0.25) is 0 Å². The Hall–Kier alpha value is -0.590. The molecule has 0 fully saturated rings. The summed E-state index contributed by atoms with van der Waals surface area (Å²) in [5.41, 5.74) is 0. The minimum atomic E-state index is -0.681. The maximum atomic E-state index is 8.94. The van der Waals surface area contributed by atoms with Crippen LogP contribution in [0.25, 0.3) is 0 Å². The average molecular weight is 159 g/mol. The molecule has 3 nitrogen and oxygen atoms in total. The molecule has 0 saturated carbocycles. The summed E-state index contributed by atoms with van der Waals surface area (Å²) >= 11 is 0. The normalized spacial score (nSPS) is 13.8. The fourth-order valence-electron chi connectivity index (χ4n) is 0.468. The monoisotopic (exact) mass is 159 g/mol. The predicted octanol–water partition coefficient (Wildman–Crippen LogP) is 0.916. The summed E-state index contributed by atoms with van der Waals surface area (Å²) in [6.07, 6.45) is -0.394. The molecule has 2 N–H and O–H groups in total. The smallest absolute Gasteiger partial charge is 0.0717 e. The molecule has 0 aromatic carbocycles. The summed E-state index contributed by atoms with van der Waals surface area (Å²) in [6.45, 7) is 5.56. The Balaban J connectivity index is 0. The van der Waals surface area contributed by atoms with Crippen LogP contribution in [0.2, 0.25) is 0 Å². The van der Waals surface area contributed by atoms with E-state index in [4.69, 9.17) is 15.5 Å². The van der Waals surface area contributed by atoms with Crippen molar-refractivity contribution in [2.24, 2.45) is 5.92 Å². The van der Waals surface area contributed by atoms with Gasteiger partial charge in [-0.15, -0.1) is 0 Å². The maximum Gasteiger partial charge on any atom is 0.0717 e. The molecule has 0 bridgehead atoms. The average Bonchev–Trinajstić information content (AvgIpc) is 2.07. The lowest BCUT2D eigenvalue weighted by molar-refractivity contribution is 0.106. The van der Waals surface area contributed by atoms with E-state index in [2.05, 4.69) is 0 Å². The van der Waals surface area contributed by atoms with Gasteiger partial charge >= 0.3 is 0 Å². The third kappa shape index (κ3) is 7.31. The van der Waals surface area contributed by atoms with Crippen LogP contribution in [0.15, 0.2) is 0 Å².